The summed E-state index contributed by atoms with van der Waals surface area (Å²) in [5.41, 5.74) is 5.86. The summed E-state index contributed by atoms with van der Waals surface area (Å²) in [6.07, 6.45) is 6.97. The van der Waals surface area contributed by atoms with Crippen LogP contribution in [0.25, 0.3) is 33.6 Å². The zero-order valence-electron chi connectivity index (χ0n) is 33.8. The highest BCUT2D eigenvalue weighted by molar-refractivity contribution is 5.88. The second-order valence-electron chi connectivity index (χ2n) is 16.0. The lowest BCUT2D eigenvalue weighted by molar-refractivity contribution is -0.136. The summed E-state index contributed by atoms with van der Waals surface area (Å²) in [6, 6.07) is 14.4. The van der Waals surface area contributed by atoms with Gasteiger partial charge in [0.15, 0.2) is 0 Å². The summed E-state index contributed by atoms with van der Waals surface area (Å²) in [4.78, 5) is 75.1. The number of H-pyrrole nitrogens is 2. The number of hydrogen-bond donors (Lipinski definition) is 4. The number of hydrogen-bond acceptors (Lipinski definition) is 6. The molecule has 2 saturated heterocycles. The van der Waals surface area contributed by atoms with Gasteiger partial charge < -0.3 is 40.2 Å². The summed E-state index contributed by atoms with van der Waals surface area (Å²) in [5, 5.41) is 5.78. The molecule has 4 heterocycles. The van der Waals surface area contributed by atoms with E-state index in [1.165, 1.54) is 9.80 Å². The van der Waals surface area contributed by atoms with E-state index >= 15 is 0 Å². The molecule has 2 aromatic carbocycles. The summed E-state index contributed by atoms with van der Waals surface area (Å²) in [5.74, 6) is 1.19. The number of amides is 6. The van der Waals surface area contributed by atoms with Crippen molar-refractivity contribution in [2.24, 2.45) is 11.8 Å². The van der Waals surface area contributed by atoms with E-state index in [-0.39, 0.29) is 47.8 Å². The number of nitrogens with zero attached hydrogens (tertiary/aromatic N) is 6. The number of benzene rings is 2. The first-order valence-corrected chi connectivity index (χ1v) is 19.6. The fraction of sp³-hybridized carbons (Fsp3) is 0.476. The van der Waals surface area contributed by atoms with E-state index in [0.29, 0.717) is 13.1 Å². The number of urea groups is 2. The lowest BCUT2D eigenvalue weighted by atomic mass is 10.0. The number of aromatic nitrogens is 4. The quantitative estimate of drug-likeness (QED) is 0.145. The van der Waals surface area contributed by atoms with Crippen molar-refractivity contribution in [1.82, 2.24) is 50.2 Å². The number of nitrogens with one attached hydrogen (secondary N) is 4. The highest BCUT2D eigenvalue weighted by atomic mass is 16.2. The molecule has 0 bridgehead atoms. The highest BCUT2D eigenvalue weighted by Crippen LogP contribution is 2.35. The Bertz CT molecular complexity index is 1860. The topological polar surface area (TPSA) is 163 Å². The Balaban J connectivity index is 1.10. The molecule has 2 aromatic heterocycles. The molecule has 14 heteroatoms. The van der Waals surface area contributed by atoms with Gasteiger partial charge in [-0.05, 0) is 59.8 Å². The van der Waals surface area contributed by atoms with Crippen LogP contribution in [0.2, 0.25) is 0 Å². The molecule has 6 rings (SSSR count). The molecule has 0 radical (unpaired) electrons. The third kappa shape index (κ3) is 8.58. The monoisotopic (exact) mass is 764 g/mol. The van der Waals surface area contributed by atoms with Crippen LogP contribution in [0.15, 0.2) is 60.9 Å². The lowest BCUT2D eigenvalue weighted by Gasteiger charge is -2.31. The average Bonchev–Trinajstić information content (AvgIpc) is 4.02. The molecule has 0 saturated carbocycles. The first-order chi connectivity index (χ1) is 26.7. The molecule has 298 valence electrons. The Kier molecular flexibility index (Phi) is 12.2. The first-order valence-electron chi connectivity index (χ1n) is 19.6. The van der Waals surface area contributed by atoms with Gasteiger partial charge in [-0.15, -0.1) is 0 Å². The number of aromatic amines is 2. The Labute approximate surface area is 329 Å². The molecule has 4 N–H and O–H groups in total. The van der Waals surface area contributed by atoms with Crippen LogP contribution in [0.1, 0.15) is 77.1 Å². The van der Waals surface area contributed by atoms with Gasteiger partial charge in [-0.1, -0.05) is 76.2 Å². The molecule has 14 nitrogen and oxygen atoms in total. The van der Waals surface area contributed by atoms with E-state index in [0.717, 1.165) is 71.0 Å². The van der Waals surface area contributed by atoms with Crippen molar-refractivity contribution in [3.05, 3.63) is 72.6 Å². The van der Waals surface area contributed by atoms with Crippen LogP contribution in [0.4, 0.5) is 9.59 Å². The van der Waals surface area contributed by atoms with Crippen molar-refractivity contribution >= 4 is 23.9 Å². The van der Waals surface area contributed by atoms with E-state index < -0.39 is 12.1 Å². The Morgan fingerprint density at radius 2 is 0.946 bits per heavy atom. The standard InChI is InChI=1S/C42H56N10O4/c1-25(2)35(47-41(55)49(5)6)39(53)51-21-9-11-33(51)37-43-23-31(45-37)29-17-13-27(14-18-29)28-15-19-30(20-16-28)32-24-44-38(46-32)34-12-10-22-52(34)40(54)36(26(3)4)48-42(56)50(7)8/h13-20,23-26,33-36H,9-12,21-22H2,1-8H3,(H,43,45)(H,44,46)(H,47,55)(H,48,56)/t33-,34?,35-,36-/m0/s1. The number of likely N-dealkylation sites (tertiary alicyclic amines) is 2. The summed E-state index contributed by atoms with van der Waals surface area (Å²) in [6.45, 7) is 9.01. The number of carbonyl (C=O) groups is 4. The zero-order valence-corrected chi connectivity index (χ0v) is 33.8. The molecule has 2 fully saturated rings. The van der Waals surface area contributed by atoms with E-state index in [1.54, 1.807) is 28.2 Å². The van der Waals surface area contributed by atoms with E-state index in [9.17, 15) is 19.2 Å². The van der Waals surface area contributed by atoms with Crippen LogP contribution in [0, 0.1) is 11.8 Å². The van der Waals surface area contributed by atoms with Crippen molar-refractivity contribution < 1.29 is 19.2 Å². The molecular formula is C42H56N10O4. The van der Waals surface area contributed by atoms with Gasteiger partial charge in [-0.2, -0.15) is 0 Å². The third-order valence-corrected chi connectivity index (χ3v) is 10.9. The maximum atomic E-state index is 13.7. The van der Waals surface area contributed by atoms with Crippen LogP contribution < -0.4 is 10.6 Å². The van der Waals surface area contributed by atoms with Crippen LogP contribution in [0.5, 0.6) is 0 Å². The first kappa shape index (κ1) is 40.0. The Morgan fingerprint density at radius 1 is 0.607 bits per heavy atom. The molecule has 1 unspecified atom stereocenters. The van der Waals surface area contributed by atoms with Crippen LogP contribution in [0.3, 0.4) is 0 Å². The SMILES string of the molecule is CC(C)[C@H](NC(=O)N(C)C)C(=O)N1CCCC1c1ncc(-c2ccc(-c3ccc(-c4cnc([C@@H]5CCCN5C(=O)[C@@H](NC(=O)N(C)C)C(C)C)[nH]4)cc3)cc2)[nH]1. The van der Waals surface area contributed by atoms with Crippen LogP contribution in [-0.2, 0) is 9.59 Å². The van der Waals surface area contributed by atoms with Gasteiger partial charge in [0.05, 0.1) is 35.9 Å². The van der Waals surface area contributed by atoms with Gasteiger partial charge in [0.1, 0.15) is 23.7 Å². The van der Waals surface area contributed by atoms with E-state index in [4.69, 9.17) is 9.97 Å². The minimum Gasteiger partial charge on any atom is -0.340 e. The summed E-state index contributed by atoms with van der Waals surface area (Å²) < 4.78 is 0. The highest BCUT2D eigenvalue weighted by Gasteiger charge is 2.39. The van der Waals surface area contributed by atoms with Crippen LogP contribution in [-0.4, -0.2) is 117 Å². The number of imidazole rings is 2. The van der Waals surface area contributed by atoms with Crippen molar-refractivity contribution in [3.63, 3.8) is 0 Å². The predicted molar refractivity (Wildman–Crippen MR) is 216 cm³/mol. The fourth-order valence-electron chi connectivity index (χ4n) is 7.53. The number of rotatable bonds is 11. The average molecular weight is 765 g/mol. The maximum Gasteiger partial charge on any atom is 0.317 e. The molecule has 0 spiro atoms. The molecule has 0 aliphatic carbocycles. The normalized spacial score (nSPS) is 18.0. The Hall–Kier alpha value is -5.66. The maximum absolute atomic E-state index is 13.7. The van der Waals surface area contributed by atoms with Gasteiger partial charge in [-0.25, -0.2) is 19.6 Å². The number of carbonyl (C=O) groups excluding carboxylic acids is 4. The van der Waals surface area contributed by atoms with Gasteiger partial charge in [0.2, 0.25) is 11.8 Å². The molecular weight excluding hydrogens is 709 g/mol. The smallest absolute Gasteiger partial charge is 0.317 e. The van der Waals surface area contributed by atoms with Crippen molar-refractivity contribution in [2.45, 2.75) is 77.5 Å². The molecule has 2 aliphatic heterocycles. The van der Waals surface area contributed by atoms with E-state index in [1.807, 2.05) is 49.9 Å². The van der Waals surface area contributed by atoms with Gasteiger partial charge >= 0.3 is 12.1 Å². The fourth-order valence-corrected chi connectivity index (χ4v) is 7.53. The molecule has 56 heavy (non-hydrogen) atoms. The minimum atomic E-state index is -0.618. The predicted octanol–water partition coefficient (Wildman–Crippen LogP) is 6.05. The second kappa shape index (κ2) is 17.0. The minimum absolute atomic E-state index is 0.0613. The van der Waals surface area contributed by atoms with Crippen molar-refractivity contribution in [1.29, 1.82) is 0 Å². The largest absolute Gasteiger partial charge is 0.340 e. The summed E-state index contributed by atoms with van der Waals surface area (Å²) >= 11 is 0. The van der Waals surface area contributed by atoms with Gasteiger partial charge in [0, 0.05) is 41.3 Å². The Morgan fingerprint density at radius 3 is 1.27 bits per heavy atom. The summed E-state index contributed by atoms with van der Waals surface area (Å²) in [7, 11) is 6.66. The van der Waals surface area contributed by atoms with Crippen molar-refractivity contribution in [2.75, 3.05) is 41.3 Å². The van der Waals surface area contributed by atoms with Crippen molar-refractivity contribution in [3.8, 4) is 33.6 Å². The zero-order chi connectivity index (χ0) is 40.3. The lowest BCUT2D eigenvalue weighted by Crippen LogP contribution is -2.53. The molecule has 4 atom stereocenters. The van der Waals surface area contributed by atoms with Gasteiger partial charge in [0.25, 0.3) is 0 Å². The molecule has 2 aliphatic rings. The van der Waals surface area contributed by atoms with E-state index in [2.05, 4.69) is 69.1 Å². The second-order valence-corrected chi connectivity index (χ2v) is 16.0. The van der Waals surface area contributed by atoms with Crippen LogP contribution >= 0.6 is 0 Å². The van der Waals surface area contributed by atoms with Gasteiger partial charge in [-0.3, -0.25) is 9.59 Å². The molecule has 6 amide bonds. The third-order valence-electron chi connectivity index (χ3n) is 10.9. The molecule has 4 aromatic rings.